The zero-order valence-corrected chi connectivity index (χ0v) is 22.7. The Labute approximate surface area is 228 Å². The topological polar surface area (TPSA) is 64.8 Å². The van der Waals surface area contributed by atoms with Gasteiger partial charge in [-0.05, 0) is 67.8 Å². The van der Waals surface area contributed by atoms with Crippen LogP contribution in [-0.4, -0.2) is 29.9 Å². The maximum atomic E-state index is 13.2. The van der Waals surface area contributed by atoms with E-state index >= 15 is 0 Å². The third kappa shape index (κ3) is 7.61. The molecule has 0 saturated heterocycles. The molecule has 0 spiro atoms. The van der Waals surface area contributed by atoms with Gasteiger partial charge in [-0.2, -0.15) is 0 Å². The third-order valence-corrected chi connectivity index (χ3v) is 7.29. The number of hydrogen-bond donors (Lipinski definition) is 1. The number of hydrogen-bond acceptors (Lipinski definition) is 4. The third-order valence-electron chi connectivity index (χ3n) is 7.29. The monoisotopic (exact) mass is 514 g/mol. The number of carbonyl (C=O) groups is 1. The lowest BCUT2D eigenvalue weighted by molar-refractivity contribution is -0.134. The van der Waals surface area contributed by atoms with E-state index in [-0.39, 0.29) is 11.9 Å². The van der Waals surface area contributed by atoms with Crippen LogP contribution in [0, 0.1) is 0 Å². The first-order valence-electron chi connectivity index (χ1n) is 14.2. The fourth-order valence-electron chi connectivity index (χ4n) is 5.28. The number of fused-ring (bicyclic) bond motifs is 1. The normalized spacial score (nSPS) is 14.5. The summed E-state index contributed by atoms with van der Waals surface area (Å²) >= 11 is 0. The fourth-order valence-corrected chi connectivity index (χ4v) is 5.28. The summed E-state index contributed by atoms with van der Waals surface area (Å²) < 4.78 is 12.8. The van der Waals surface area contributed by atoms with Crippen molar-refractivity contribution in [3.05, 3.63) is 95.1 Å². The van der Waals surface area contributed by atoms with Crippen LogP contribution in [0.2, 0.25) is 0 Å². The molecule has 0 radical (unpaired) electrons. The average molecular weight is 515 g/mol. The van der Waals surface area contributed by atoms with Crippen LogP contribution in [0.25, 0.3) is 0 Å². The maximum absolute atomic E-state index is 13.2. The quantitative estimate of drug-likeness (QED) is 0.251. The number of unbranched alkanes of at least 4 members (excludes halogenated alkanes) is 2. The van der Waals surface area contributed by atoms with Gasteiger partial charge in [-0.3, -0.25) is 4.79 Å². The van der Waals surface area contributed by atoms with E-state index in [1.54, 1.807) is 0 Å². The summed E-state index contributed by atoms with van der Waals surface area (Å²) in [6.07, 6.45) is 7.15. The first kappa shape index (κ1) is 27.7. The maximum Gasteiger partial charge on any atom is 0.222 e. The molecule has 1 atom stereocenters. The first-order chi connectivity index (χ1) is 18.7. The van der Waals surface area contributed by atoms with E-state index in [2.05, 4.69) is 42.2 Å². The van der Waals surface area contributed by atoms with E-state index in [1.807, 2.05) is 42.5 Å². The van der Waals surface area contributed by atoms with Crippen LogP contribution in [0.15, 0.2) is 72.8 Å². The second-order valence-corrected chi connectivity index (χ2v) is 10.2. The molecule has 2 N–H and O–H groups in total. The summed E-state index contributed by atoms with van der Waals surface area (Å²) in [6.45, 7) is 4.64. The van der Waals surface area contributed by atoms with Gasteiger partial charge in [-0.1, -0.05) is 80.1 Å². The predicted octanol–water partition coefficient (Wildman–Crippen LogP) is 6.46. The Kier molecular flexibility index (Phi) is 10.6. The second kappa shape index (κ2) is 14.6. The smallest absolute Gasteiger partial charge is 0.222 e. The van der Waals surface area contributed by atoms with Crippen molar-refractivity contribution < 1.29 is 14.3 Å². The highest BCUT2D eigenvalue weighted by Crippen LogP contribution is 2.39. The predicted molar refractivity (Wildman–Crippen MR) is 153 cm³/mol. The van der Waals surface area contributed by atoms with Crippen molar-refractivity contribution in [3.63, 3.8) is 0 Å². The van der Waals surface area contributed by atoms with E-state index in [0.29, 0.717) is 26.2 Å². The van der Waals surface area contributed by atoms with Crippen molar-refractivity contribution in [3.8, 4) is 11.5 Å². The number of amides is 1. The van der Waals surface area contributed by atoms with Gasteiger partial charge in [0.15, 0.2) is 11.5 Å². The molecule has 1 aliphatic rings. The molecule has 0 heterocycles. The molecule has 1 amide bonds. The summed E-state index contributed by atoms with van der Waals surface area (Å²) in [5.74, 6) is 1.90. The van der Waals surface area contributed by atoms with Crippen molar-refractivity contribution in [2.24, 2.45) is 5.73 Å². The molecule has 3 aromatic rings. The Hall–Kier alpha value is -3.31. The molecule has 5 heteroatoms. The Morgan fingerprint density at radius 2 is 1.58 bits per heavy atom. The van der Waals surface area contributed by atoms with E-state index < -0.39 is 0 Å². The largest absolute Gasteiger partial charge is 0.485 e. The highest BCUT2D eigenvalue weighted by Gasteiger charge is 2.29. The van der Waals surface area contributed by atoms with Crippen molar-refractivity contribution in [1.29, 1.82) is 0 Å². The molecular weight excluding hydrogens is 472 g/mol. The molecule has 0 aromatic heterocycles. The van der Waals surface area contributed by atoms with Gasteiger partial charge in [0.05, 0.1) is 0 Å². The lowest BCUT2D eigenvalue weighted by atomic mass is 9.86. The van der Waals surface area contributed by atoms with Crippen LogP contribution in [0.1, 0.15) is 67.7 Å². The van der Waals surface area contributed by atoms with Crippen molar-refractivity contribution in [2.75, 3.05) is 13.1 Å². The Balaban J connectivity index is 1.52. The molecule has 38 heavy (non-hydrogen) atoms. The number of ether oxygens (including phenoxy) is 2. The van der Waals surface area contributed by atoms with E-state index in [9.17, 15) is 4.79 Å². The second-order valence-electron chi connectivity index (χ2n) is 10.2. The van der Waals surface area contributed by atoms with Gasteiger partial charge in [-0.15, -0.1) is 0 Å². The highest BCUT2D eigenvalue weighted by atomic mass is 16.5. The van der Waals surface area contributed by atoms with Crippen LogP contribution < -0.4 is 15.2 Å². The van der Waals surface area contributed by atoms with Gasteiger partial charge in [0.2, 0.25) is 5.91 Å². The summed E-state index contributed by atoms with van der Waals surface area (Å²) in [7, 11) is 0. The Morgan fingerprint density at radius 1 is 0.895 bits per heavy atom. The van der Waals surface area contributed by atoms with Gasteiger partial charge in [0.1, 0.15) is 13.2 Å². The average Bonchev–Trinajstić information content (AvgIpc) is 2.96. The molecule has 0 bridgehead atoms. The number of nitrogens with two attached hydrogens (primary N) is 1. The molecule has 0 fully saturated rings. The minimum absolute atomic E-state index is 0.225. The van der Waals surface area contributed by atoms with Crippen LogP contribution in [0.3, 0.4) is 0 Å². The van der Waals surface area contributed by atoms with Crippen molar-refractivity contribution >= 4 is 5.91 Å². The van der Waals surface area contributed by atoms with Crippen LogP contribution in [-0.2, 0) is 30.8 Å². The molecule has 0 saturated carbocycles. The molecular formula is C33H42N2O3. The lowest BCUT2D eigenvalue weighted by Gasteiger charge is -2.36. The molecule has 0 aliphatic heterocycles. The van der Waals surface area contributed by atoms with Gasteiger partial charge in [0.25, 0.3) is 0 Å². The minimum Gasteiger partial charge on any atom is -0.485 e. The highest BCUT2D eigenvalue weighted by molar-refractivity contribution is 5.76. The van der Waals surface area contributed by atoms with Gasteiger partial charge in [-0.25, -0.2) is 0 Å². The Bertz CT molecular complexity index is 1130. The summed E-state index contributed by atoms with van der Waals surface area (Å²) in [6, 6.07) is 24.9. The lowest BCUT2D eigenvalue weighted by Crippen LogP contribution is -2.43. The summed E-state index contributed by atoms with van der Waals surface area (Å²) in [4.78, 5) is 15.3. The van der Waals surface area contributed by atoms with Gasteiger partial charge in [0, 0.05) is 24.6 Å². The van der Waals surface area contributed by atoms with E-state index in [0.717, 1.165) is 74.1 Å². The van der Waals surface area contributed by atoms with Crippen molar-refractivity contribution in [1.82, 2.24) is 4.90 Å². The van der Waals surface area contributed by atoms with E-state index in [4.69, 9.17) is 15.2 Å². The summed E-state index contributed by atoms with van der Waals surface area (Å²) in [5.41, 5.74) is 10.4. The Morgan fingerprint density at radius 3 is 2.24 bits per heavy atom. The van der Waals surface area contributed by atoms with Crippen molar-refractivity contribution in [2.45, 2.75) is 77.5 Å². The number of benzene rings is 3. The first-order valence-corrected chi connectivity index (χ1v) is 14.2. The zero-order chi connectivity index (χ0) is 26.6. The number of nitrogens with zero attached hydrogens (tertiary/aromatic N) is 1. The molecule has 0 unspecified atom stereocenters. The molecule has 202 valence electrons. The standard InChI is InChI=1S/C33H42N2O3/c1-2-22-35(32(36)16-10-5-11-21-34)29-18-19-30-28(23-29)17-20-31(37-24-26-12-6-3-7-13-26)33(30)38-25-27-14-8-4-9-15-27/h3-4,6-9,12-15,17,20,29H,2,5,10-11,16,18-19,21-25,34H2,1H3/t29-/m0/s1. The number of carbonyl (C=O) groups excluding carboxylic acids is 1. The molecule has 3 aromatic carbocycles. The molecule has 1 aliphatic carbocycles. The van der Waals surface area contributed by atoms with Crippen LogP contribution in [0.4, 0.5) is 0 Å². The number of rotatable bonds is 14. The fraction of sp³-hybridized carbons (Fsp3) is 0.424. The van der Waals surface area contributed by atoms with Crippen LogP contribution in [0.5, 0.6) is 11.5 Å². The SMILES string of the molecule is CCCN(C(=O)CCCCCN)[C@H]1CCc2c(ccc(OCc3ccccc3)c2OCc2ccccc2)C1. The molecule has 5 nitrogen and oxygen atoms in total. The summed E-state index contributed by atoms with van der Waals surface area (Å²) in [5, 5.41) is 0. The van der Waals surface area contributed by atoms with E-state index in [1.165, 1.54) is 11.1 Å². The molecule has 4 rings (SSSR count). The van der Waals surface area contributed by atoms with Gasteiger partial charge >= 0.3 is 0 Å². The van der Waals surface area contributed by atoms with Crippen LogP contribution >= 0.6 is 0 Å². The zero-order valence-electron chi connectivity index (χ0n) is 22.7. The van der Waals surface area contributed by atoms with Gasteiger partial charge < -0.3 is 20.1 Å². The minimum atomic E-state index is 0.225.